The fourth-order valence-electron chi connectivity index (χ4n) is 1.69. The number of rotatable bonds is 3. The van der Waals surface area contributed by atoms with E-state index in [1.54, 1.807) is 6.08 Å². The van der Waals surface area contributed by atoms with Gasteiger partial charge in [-0.3, -0.25) is 4.79 Å². The summed E-state index contributed by atoms with van der Waals surface area (Å²) in [5, 5.41) is 2.81. The van der Waals surface area contributed by atoms with Gasteiger partial charge < -0.3 is 10.2 Å². The second-order valence-electron chi connectivity index (χ2n) is 4.10. The summed E-state index contributed by atoms with van der Waals surface area (Å²) in [7, 11) is 1.98. The van der Waals surface area contributed by atoms with Gasteiger partial charge in [-0.1, -0.05) is 36.4 Å². The molecule has 3 nitrogen and oxygen atoms in total. The topological polar surface area (TPSA) is 32.3 Å². The van der Waals surface area contributed by atoms with Gasteiger partial charge in [0.2, 0.25) is 5.91 Å². The number of amides is 1. The molecule has 1 N–H and O–H groups in total. The molecular weight excluding hydrogens is 224 g/mol. The quantitative estimate of drug-likeness (QED) is 0.823. The monoisotopic (exact) mass is 240 g/mol. The van der Waals surface area contributed by atoms with E-state index in [-0.39, 0.29) is 11.9 Å². The lowest BCUT2D eigenvalue weighted by Crippen LogP contribution is -2.24. The average molecular weight is 240 g/mol. The maximum absolute atomic E-state index is 11.7. The molecule has 3 heteroatoms. The van der Waals surface area contributed by atoms with Crippen LogP contribution in [0.5, 0.6) is 0 Å². The number of benzene rings is 1. The van der Waals surface area contributed by atoms with Crippen LogP contribution in [0.1, 0.15) is 0 Å². The van der Waals surface area contributed by atoms with E-state index in [1.807, 2.05) is 72.8 Å². The Morgan fingerprint density at radius 3 is 2.78 bits per heavy atom. The number of nitrogens with zero attached hydrogens (tertiary/aromatic N) is 1. The number of carbonyl (C=O) groups excluding carboxylic acids is 1. The highest BCUT2D eigenvalue weighted by atomic mass is 16.1. The van der Waals surface area contributed by atoms with Crippen molar-refractivity contribution < 1.29 is 4.79 Å². The highest BCUT2D eigenvalue weighted by Crippen LogP contribution is 2.08. The molecule has 0 saturated carbocycles. The molecule has 0 saturated heterocycles. The van der Waals surface area contributed by atoms with Gasteiger partial charge in [-0.05, 0) is 24.4 Å². The van der Waals surface area contributed by atoms with E-state index in [9.17, 15) is 4.79 Å². The molecule has 1 amide bonds. The highest BCUT2D eigenvalue weighted by molar-refractivity contribution is 5.99. The normalized spacial score (nSPS) is 18.3. The minimum atomic E-state index is -0.113. The van der Waals surface area contributed by atoms with Gasteiger partial charge in [0.05, 0.1) is 6.04 Å². The van der Waals surface area contributed by atoms with Crippen molar-refractivity contribution in [1.29, 1.82) is 0 Å². The van der Waals surface area contributed by atoms with Gasteiger partial charge in [-0.2, -0.15) is 0 Å². The Kier molecular flexibility index (Phi) is 3.97. The van der Waals surface area contributed by atoms with Crippen molar-refractivity contribution in [3.8, 4) is 0 Å². The third kappa shape index (κ3) is 3.35. The molecule has 1 atom stereocenters. The van der Waals surface area contributed by atoms with Gasteiger partial charge in [0, 0.05) is 18.8 Å². The number of carbonyl (C=O) groups is 1. The molecule has 0 spiro atoms. The average Bonchev–Trinajstić information content (AvgIpc) is 2.39. The van der Waals surface area contributed by atoms with Gasteiger partial charge in [0.25, 0.3) is 0 Å². The van der Waals surface area contributed by atoms with Crippen molar-refractivity contribution >= 4 is 11.6 Å². The Bertz CT molecular complexity index is 488. The lowest BCUT2D eigenvalue weighted by molar-refractivity contribution is -0.111. The van der Waals surface area contributed by atoms with Crippen molar-refractivity contribution in [2.24, 2.45) is 0 Å². The fraction of sp³-hybridized carbons (Fsp3) is 0.133. The first-order chi connectivity index (χ1) is 8.75. The van der Waals surface area contributed by atoms with Crippen LogP contribution in [0.15, 0.2) is 66.9 Å². The molecule has 0 fully saturated rings. The predicted molar refractivity (Wildman–Crippen MR) is 74.0 cm³/mol. The Balaban J connectivity index is 1.91. The van der Waals surface area contributed by atoms with Gasteiger partial charge in [0.15, 0.2) is 0 Å². The number of anilines is 1. The summed E-state index contributed by atoms with van der Waals surface area (Å²) in [5.74, 6) is -0.113. The predicted octanol–water partition coefficient (Wildman–Crippen LogP) is 2.57. The second-order valence-corrected chi connectivity index (χ2v) is 4.10. The zero-order valence-corrected chi connectivity index (χ0v) is 10.3. The molecule has 1 aliphatic heterocycles. The molecule has 2 rings (SSSR count). The molecule has 0 radical (unpaired) electrons. The molecule has 1 aliphatic rings. The van der Waals surface area contributed by atoms with E-state index in [0.717, 1.165) is 5.69 Å². The van der Waals surface area contributed by atoms with Crippen molar-refractivity contribution in [2.45, 2.75) is 6.04 Å². The zero-order valence-electron chi connectivity index (χ0n) is 10.3. The molecule has 0 bridgehead atoms. The van der Waals surface area contributed by atoms with E-state index < -0.39 is 0 Å². The first kappa shape index (κ1) is 12.2. The molecule has 0 aromatic heterocycles. The van der Waals surface area contributed by atoms with Crippen molar-refractivity contribution in [1.82, 2.24) is 4.90 Å². The van der Waals surface area contributed by atoms with Crippen molar-refractivity contribution in [3.05, 3.63) is 66.9 Å². The minimum Gasteiger partial charge on any atom is -0.371 e. The zero-order chi connectivity index (χ0) is 12.8. The number of hydrogen-bond acceptors (Lipinski definition) is 2. The van der Waals surface area contributed by atoms with E-state index in [2.05, 4.69) is 5.32 Å². The molecule has 92 valence electrons. The lowest BCUT2D eigenvalue weighted by Gasteiger charge is -2.22. The van der Waals surface area contributed by atoms with E-state index in [1.165, 1.54) is 0 Å². The SMILES string of the molecule is CN1C=CC=CC1/C=C/C(=O)Nc1ccccc1. The number of nitrogens with one attached hydrogen (secondary N) is 1. The van der Waals surface area contributed by atoms with Crippen molar-refractivity contribution in [2.75, 3.05) is 12.4 Å². The molecule has 0 aliphatic carbocycles. The number of para-hydroxylation sites is 1. The molecule has 18 heavy (non-hydrogen) atoms. The Morgan fingerprint density at radius 1 is 1.28 bits per heavy atom. The van der Waals surface area contributed by atoms with Gasteiger partial charge in [-0.25, -0.2) is 0 Å². The first-order valence-corrected chi connectivity index (χ1v) is 5.87. The highest BCUT2D eigenvalue weighted by Gasteiger charge is 2.06. The molecule has 1 aromatic rings. The first-order valence-electron chi connectivity index (χ1n) is 5.87. The van der Waals surface area contributed by atoms with Crippen LogP contribution in [0.3, 0.4) is 0 Å². The Labute approximate surface area is 107 Å². The molecular formula is C15H16N2O. The standard InChI is InChI=1S/C15H16N2O/c1-17-12-6-5-9-14(17)10-11-15(18)16-13-7-3-2-4-8-13/h2-12,14H,1H3,(H,16,18)/b11-10+. The van der Waals surface area contributed by atoms with Gasteiger partial charge in [0.1, 0.15) is 0 Å². The third-order valence-corrected chi connectivity index (χ3v) is 2.70. The Morgan fingerprint density at radius 2 is 2.06 bits per heavy atom. The van der Waals surface area contributed by atoms with Gasteiger partial charge in [-0.15, -0.1) is 0 Å². The number of allylic oxidation sites excluding steroid dienone is 2. The fourth-order valence-corrected chi connectivity index (χ4v) is 1.69. The van der Waals surface area contributed by atoms with Crippen LogP contribution in [0, 0.1) is 0 Å². The van der Waals surface area contributed by atoms with E-state index in [4.69, 9.17) is 0 Å². The van der Waals surface area contributed by atoms with E-state index in [0.29, 0.717) is 0 Å². The molecule has 1 unspecified atom stereocenters. The summed E-state index contributed by atoms with van der Waals surface area (Å²) >= 11 is 0. The van der Waals surface area contributed by atoms with E-state index >= 15 is 0 Å². The van der Waals surface area contributed by atoms with Gasteiger partial charge >= 0.3 is 0 Å². The van der Waals surface area contributed by atoms with Crippen LogP contribution in [0.4, 0.5) is 5.69 Å². The number of hydrogen-bond donors (Lipinski definition) is 1. The summed E-state index contributed by atoms with van der Waals surface area (Å²) < 4.78 is 0. The van der Waals surface area contributed by atoms with Crippen LogP contribution in [0.2, 0.25) is 0 Å². The number of likely N-dealkylation sites (N-methyl/N-ethyl adjacent to an activating group) is 1. The molecule has 1 heterocycles. The Hall–Kier alpha value is -2.29. The largest absolute Gasteiger partial charge is 0.371 e. The third-order valence-electron chi connectivity index (χ3n) is 2.70. The summed E-state index contributed by atoms with van der Waals surface area (Å²) in [6.45, 7) is 0. The van der Waals surface area contributed by atoms with Crippen LogP contribution in [-0.4, -0.2) is 23.9 Å². The maximum Gasteiger partial charge on any atom is 0.248 e. The van der Waals surface area contributed by atoms with Crippen LogP contribution in [-0.2, 0) is 4.79 Å². The summed E-state index contributed by atoms with van der Waals surface area (Å²) in [6, 6.07) is 9.56. The van der Waals surface area contributed by atoms with Crippen molar-refractivity contribution in [3.63, 3.8) is 0 Å². The lowest BCUT2D eigenvalue weighted by atomic mass is 10.2. The second kappa shape index (κ2) is 5.87. The van der Waals surface area contributed by atoms with Crippen LogP contribution >= 0.6 is 0 Å². The smallest absolute Gasteiger partial charge is 0.248 e. The molecule has 1 aromatic carbocycles. The minimum absolute atomic E-state index is 0.113. The van der Waals surface area contributed by atoms with Crippen LogP contribution in [0.25, 0.3) is 0 Å². The van der Waals surface area contributed by atoms with Crippen LogP contribution < -0.4 is 5.32 Å². The summed E-state index contributed by atoms with van der Waals surface area (Å²) in [6.07, 6.45) is 11.4. The maximum atomic E-state index is 11.7. The summed E-state index contributed by atoms with van der Waals surface area (Å²) in [5.41, 5.74) is 0.805. The summed E-state index contributed by atoms with van der Waals surface area (Å²) in [4.78, 5) is 13.7.